The van der Waals surface area contributed by atoms with Crippen LogP contribution in [0.1, 0.15) is 35.6 Å². The van der Waals surface area contributed by atoms with E-state index < -0.39 is 6.61 Å². The highest BCUT2D eigenvalue weighted by Crippen LogP contribution is 2.35. The number of H-pyrrole nitrogens is 1. The smallest absolute Gasteiger partial charge is 0.387 e. The predicted molar refractivity (Wildman–Crippen MR) is 121 cm³/mol. The fraction of sp³-hybridized carbons (Fsp3) is 0.400. The number of nitrogens with one attached hydrogen (secondary N) is 1. The highest BCUT2D eigenvalue weighted by molar-refractivity contribution is 5.85. The summed E-state index contributed by atoms with van der Waals surface area (Å²) >= 11 is 0. The molecule has 1 N–H and O–H groups in total. The monoisotopic (exact) mass is 441 g/mol. The summed E-state index contributed by atoms with van der Waals surface area (Å²) in [6, 6.07) is 14.8. The molecular weight excluding hydrogens is 412 g/mol. The molecule has 5 nitrogen and oxygen atoms in total. The molecule has 0 atom stereocenters. The standard InChI is InChI=1S/C25H29F2N3O2/c1-17-24(21-5-3-4-6-22(21)28-17)19-11-13-30(14-12-19)16-23(31)29(2)15-18-7-9-20(10-8-18)32-25(26)27/h3-10,19,25,28H,11-16H2,1-2H3. The molecule has 170 valence electrons. The molecule has 1 fully saturated rings. The minimum absolute atomic E-state index is 0.0552. The van der Waals surface area contributed by atoms with Gasteiger partial charge >= 0.3 is 6.61 Å². The SMILES string of the molecule is Cc1[nH]c2ccccc2c1C1CCN(CC(=O)N(C)Cc2ccc(OC(F)F)cc2)CC1. The average molecular weight is 442 g/mol. The number of alkyl halides is 2. The average Bonchev–Trinajstić information content (AvgIpc) is 3.11. The largest absolute Gasteiger partial charge is 0.435 e. The van der Waals surface area contributed by atoms with Crippen LogP contribution in [0.2, 0.25) is 0 Å². The van der Waals surface area contributed by atoms with E-state index in [-0.39, 0.29) is 11.7 Å². The van der Waals surface area contributed by atoms with E-state index in [1.165, 1.54) is 34.3 Å². The second-order valence-corrected chi connectivity index (χ2v) is 8.53. The number of carbonyl (C=O) groups is 1. The van der Waals surface area contributed by atoms with E-state index in [0.717, 1.165) is 31.5 Å². The third-order valence-corrected chi connectivity index (χ3v) is 6.29. The van der Waals surface area contributed by atoms with Gasteiger partial charge in [-0.1, -0.05) is 30.3 Å². The number of likely N-dealkylation sites (tertiary alicyclic amines) is 1. The van der Waals surface area contributed by atoms with E-state index in [0.29, 0.717) is 19.0 Å². The van der Waals surface area contributed by atoms with E-state index >= 15 is 0 Å². The molecule has 0 radical (unpaired) electrons. The Bertz CT molecular complexity index is 1060. The quantitative estimate of drug-likeness (QED) is 0.567. The maximum Gasteiger partial charge on any atom is 0.387 e. The summed E-state index contributed by atoms with van der Waals surface area (Å²) in [5.74, 6) is 0.676. The van der Waals surface area contributed by atoms with Gasteiger partial charge in [0.1, 0.15) is 5.75 Å². The number of carbonyl (C=O) groups excluding carboxylic acids is 1. The Morgan fingerprint density at radius 3 is 2.53 bits per heavy atom. The number of benzene rings is 2. The first-order valence-electron chi connectivity index (χ1n) is 11.0. The van der Waals surface area contributed by atoms with Gasteiger partial charge in [0, 0.05) is 30.2 Å². The first-order chi connectivity index (χ1) is 15.4. The van der Waals surface area contributed by atoms with Gasteiger partial charge in [0.15, 0.2) is 0 Å². The van der Waals surface area contributed by atoms with E-state index in [1.807, 2.05) is 0 Å². The summed E-state index contributed by atoms with van der Waals surface area (Å²) < 4.78 is 28.9. The van der Waals surface area contributed by atoms with Crippen molar-refractivity contribution < 1.29 is 18.3 Å². The number of hydrogen-bond acceptors (Lipinski definition) is 3. The number of aromatic nitrogens is 1. The molecule has 0 bridgehead atoms. The zero-order chi connectivity index (χ0) is 22.7. The lowest BCUT2D eigenvalue weighted by Gasteiger charge is -2.33. The molecule has 1 saturated heterocycles. The van der Waals surface area contributed by atoms with Gasteiger partial charge in [-0.25, -0.2) is 0 Å². The minimum atomic E-state index is -2.84. The zero-order valence-electron chi connectivity index (χ0n) is 18.5. The van der Waals surface area contributed by atoms with Crippen LogP contribution in [0.5, 0.6) is 5.75 Å². The first-order valence-corrected chi connectivity index (χ1v) is 11.0. The van der Waals surface area contributed by atoms with Gasteiger partial charge in [-0.05, 0) is 68.1 Å². The summed E-state index contributed by atoms with van der Waals surface area (Å²) in [4.78, 5) is 20.1. The lowest BCUT2D eigenvalue weighted by atomic mass is 9.87. The summed E-state index contributed by atoms with van der Waals surface area (Å²) in [5, 5.41) is 1.31. The molecule has 0 aliphatic carbocycles. The van der Waals surface area contributed by atoms with Gasteiger partial charge in [0.05, 0.1) is 6.54 Å². The Morgan fingerprint density at radius 1 is 1.16 bits per heavy atom. The summed E-state index contributed by atoms with van der Waals surface area (Å²) in [6.07, 6.45) is 2.07. The van der Waals surface area contributed by atoms with Crippen molar-refractivity contribution in [2.24, 2.45) is 0 Å². The number of piperidine rings is 1. The number of hydrogen-bond donors (Lipinski definition) is 1. The van der Waals surface area contributed by atoms with Gasteiger partial charge in [0.2, 0.25) is 5.91 Å². The molecule has 4 rings (SSSR count). The van der Waals surface area contributed by atoms with Crippen LogP contribution in [-0.4, -0.2) is 54.0 Å². The fourth-order valence-electron chi connectivity index (χ4n) is 4.65. The zero-order valence-corrected chi connectivity index (χ0v) is 18.5. The van der Waals surface area contributed by atoms with E-state index in [9.17, 15) is 13.6 Å². The van der Waals surface area contributed by atoms with Crippen molar-refractivity contribution in [3.8, 4) is 5.75 Å². The Kier molecular flexibility index (Phi) is 6.74. The number of aromatic amines is 1. The number of ether oxygens (including phenoxy) is 1. The predicted octanol–water partition coefficient (Wildman–Crippen LogP) is 4.92. The van der Waals surface area contributed by atoms with Gasteiger partial charge < -0.3 is 14.6 Å². The van der Waals surface area contributed by atoms with Crippen molar-refractivity contribution in [2.75, 3.05) is 26.7 Å². The maximum absolute atomic E-state index is 12.7. The molecule has 0 unspecified atom stereocenters. The number of nitrogens with zero attached hydrogens (tertiary/aromatic N) is 2. The Hall–Kier alpha value is -2.93. The van der Waals surface area contributed by atoms with Crippen LogP contribution in [0.15, 0.2) is 48.5 Å². The summed E-state index contributed by atoms with van der Waals surface area (Å²) in [7, 11) is 1.77. The van der Waals surface area contributed by atoms with Crippen molar-refractivity contribution in [1.82, 2.24) is 14.8 Å². The number of fused-ring (bicyclic) bond motifs is 1. The second-order valence-electron chi connectivity index (χ2n) is 8.53. The van der Waals surface area contributed by atoms with Crippen LogP contribution in [0.3, 0.4) is 0 Å². The van der Waals surface area contributed by atoms with Crippen molar-refractivity contribution >= 4 is 16.8 Å². The van der Waals surface area contributed by atoms with Gasteiger partial charge in [-0.2, -0.15) is 8.78 Å². The number of aryl methyl sites for hydroxylation is 1. The van der Waals surface area contributed by atoms with E-state index in [4.69, 9.17) is 0 Å². The lowest BCUT2D eigenvalue weighted by Crippen LogP contribution is -2.41. The number of rotatable bonds is 7. The Morgan fingerprint density at radius 2 is 1.84 bits per heavy atom. The molecule has 3 aromatic rings. The van der Waals surface area contributed by atoms with E-state index in [1.54, 1.807) is 24.1 Å². The van der Waals surface area contributed by atoms with Gasteiger partial charge in [-0.3, -0.25) is 9.69 Å². The van der Waals surface area contributed by atoms with Crippen molar-refractivity contribution in [2.45, 2.75) is 38.8 Å². The lowest BCUT2D eigenvalue weighted by molar-refractivity contribution is -0.131. The molecule has 1 aromatic heterocycles. The molecule has 32 heavy (non-hydrogen) atoms. The first kappa shape index (κ1) is 22.3. The second kappa shape index (κ2) is 9.69. The van der Waals surface area contributed by atoms with Crippen LogP contribution >= 0.6 is 0 Å². The minimum Gasteiger partial charge on any atom is -0.435 e. The highest BCUT2D eigenvalue weighted by atomic mass is 19.3. The fourth-order valence-corrected chi connectivity index (χ4v) is 4.65. The number of likely N-dealkylation sites (N-methyl/N-ethyl adjacent to an activating group) is 1. The molecule has 1 aliphatic heterocycles. The molecule has 1 aliphatic rings. The topological polar surface area (TPSA) is 48.6 Å². The van der Waals surface area contributed by atoms with Crippen LogP contribution in [-0.2, 0) is 11.3 Å². The van der Waals surface area contributed by atoms with Gasteiger partial charge in [-0.15, -0.1) is 0 Å². The molecule has 0 spiro atoms. The van der Waals surface area contributed by atoms with Crippen molar-refractivity contribution in [1.29, 1.82) is 0 Å². The third-order valence-electron chi connectivity index (χ3n) is 6.29. The summed E-state index contributed by atoms with van der Waals surface area (Å²) in [6.45, 7) is 1.91. The molecule has 0 saturated carbocycles. The van der Waals surface area contributed by atoms with Gasteiger partial charge in [0.25, 0.3) is 0 Å². The molecule has 1 amide bonds. The number of amides is 1. The Balaban J connectivity index is 1.29. The van der Waals surface area contributed by atoms with Crippen LogP contribution in [0.25, 0.3) is 10.9 Å². The molecule has 7 heteroatoms. The van der Waals surface area contributed by atoms with Crippen LogP contribution in [0.4, 0.5) is 8.78 Å². The molecule has 2 heterocycles. The molecule has 2 aromatic carbocycles. The van der Waals surface area contributed by atoms with Crippen molar-refractivity contribution in [3.05, 3.63) is 65.4 Å². The van der Waals surface area contributed by atoms with E-state index in [2.05, 4.69) is 45.8 Å². The molecular formula is C25H29F2N3O2. The Labute approximate surface area is 187 Å². The summed E-state index contributed by atoms with van der Waals surface area (Å²) in [5.41, 5.74) is 4.72. The van der Waals surface area contributed by atoms with Crippen LogP contribution < -0.4 is 4.74 Å². The maximum atomic E-state index is 12.7. The number of halogens is 2. The normalized spacial score (nSPS) is 15.4. The van der Waals surface area contributed by atoms with Crippen molar-refractivity contribution in [3.63, 3.8) is 0 Å². The van der Waals surface area contributed by atoms with Crippen LogP contribution in [0, 0.1) is 6.92 Å². The number of para-hydroxylation sites is 1. The highest BCUT2D eigenvalue weighted by Gasteiger charge is 2.26. The third kappa shape index (κ3) is 5.10.